The van der Waals surface area contributed by atoms with Crippen molar-refractivity contribution in [3.63, 3.8) is 0 Å². The molecule has 0 fully saturated rings. The summed E-state index contributed by atoms with van der Waals surface area (Å²) in [4.78, 5) is 0. The largest absolute Gasteiger partial charge is 0.198 e. The molecule has 2 aromatic carbocycles. The maximum absolute atomic E-state index is 9.20. The van der Waals surface area contributed by atoms with Crippen LogP contribution in [0.15, 0.2) is 54.1 Å². The van der Waals surface area contributed by atoms with Crippen LogP contribution in [0.25, 0.3) is 0 Å². The number of hydrogen-bond donors (Lipinski definition) is 0. The molecule has 0 N–H and O–H groups in total. The Morgan fingerprint density at radius 2 is 1.43 bits per heavy atom. The first-order valence-electron chi connectivity index (χ1n) is 9.48. The van der Waals surface area contributed by atoms with Crippen molar-refractivity contribution in [2.75, 3.05) is 0 Å². The van der Waals surface area contributed by atoms with Crippen molar-refractivity contribution < 1.29 is 0 Å². The van der Waals surface area contributed by atoms with E-state index in [1.807, 2.05) is 42.5 Å². The summed E-state index contributed by atoms with van der Waals surface area (Å²) in [5.74, 6) is 12.9. The molecule has 1 aliphatic rings. The smallest absolute Gasteiger partial charge is 0.0670 e. The number of hydrogen-bond acceptors (Lipinski definition) is 2. The van der Waals surface area contributed by atoms with E-state index in [0.717, 1.165) is 40.7 Å². The maximum Gasteiger partial charge on any atom is 0.0670 e. The van der Waals surface area contributed by atoms with E-state index < -0.39 is 0 Å². The lowest BCUT2D eigenvalue weighted by Gasteiger charge is -2.08. The van der Waals surface area contributed by atoms with Gasteiger partial charge in [0.15, 0.2) is 0 Å². The molecule has 0 saturated heterocycles. The fourth-order valence-electron chi connectivity index (χ4n) is 3.15. The first kappa shape index (κ1) is 19.1. The second kappa shape index (κ2) is 9.83. The number of nitriles is 2. The van der Waals surface area contributed by atoms with Crippen molar-refractivity contribution in [2.24, 2.45) is 0 Å². The lowest BCUT2D eigenvalue weighted by molar-refractivity contribution is 0.715. The molecule has 0 bridgehead atoms. The van der Waals surface area contributed by atoms with Crippen LogP contribution in [0, 0.1) is 46.3 Å². The lowest BCUT2D eigenvalue weighted by atomic mass is 9.94. The highest BCUT2D eigenvalue weighted by Crippen LogP contribution is 2.20. The van der Waals surface area contributed by atoms with Gasteiger partial charge in [-0.15, -0.1) is 0 Å². The average molecular weight is 360 g/mol. The van der Waals surface area contributed by atoms with Gasteiger partial charge in [0.25, 0.3) is 0 Å². The van der Waals surface area contributed by atoms with Crippen LogP contribution in [0.5, 0.6) is 0 Å². The summed E-state index contributed by atoms with van der Waals surface area (Å²) >= 11 is 0. The van der Waals surface area contributed by atoms with Crippen molar-refractivity contribution in [1.82, 2.24) is 0 Å². The first-order chi connectivity index (χ1) is 13.8. The van der Waals surface area contributed by atoms with Crippen molar-refractivity contribution in [2.45, 2.75) is 38.5 Å². The van der Waals surface area contributed by atoms with Gasteiger partial charge in [0.2, 0.25) is 0 Å². The molecule has 28 heavy (non-hydrogen) atoms. The Bertz CT molecular complexity index is 1090. The van der Waals surface area contributed by atoms with E-state index in [4.69, 9.17) is 0 Å². The second-order valence-corrected chi connectivity index (χ2v) is 6.68. The van der Waals surface area contributed by atoms with Crippen LogP contribution in [0.3, 0.4) is 0 Å². The molecule has 0 aliphatic heterocycles. The molecule has 0 saturated carbocycles. The molecule has 0 aromatic heterocycles. The van der Waals surface area contributed by atoms with Gasteiger partial charge in [0.1, 0.15) is 0 Å². The van der Waals surface area contributed by atoms with Gasteiger partial charge < -0.3 is 0 Å². The summed E-state index contributed by atoms with van der Waals surface area (Å²) in [6.45, 7) is 0. The van der Waals surface area contributed by atoms with Gasteiger partial charge in [-0.2, -0.15) is 10.5 Å². The fraction of sp³-hybridized carbons (Fsp3) is 0.231. The van der Waals surface area contributed by atoms with Gasteiger partial charge in [-0.3, -0.25) is 0 Å². The van der Waals surface area contributed by atoms with Crippen molar-refractivity contribution >= 4 is 0 Å². The predicted octanol–water partition coefficient (Wildman–Crippen LogP) is 5.07. The molecular weight excluding hydrogens is 340 g/mol. The third-order valence-corrected chi connectivity index (χ3v) is 4.63. The Hall–Kier alpha value is -3.72. The van der Waals surface area contributed by atoms with E-state index in [0.29, 0.717) is 0 Å². The minimum Gasteiger partial charge on any atom is -0.198 e. The zero-order chi connectivity index (χ0) is 19.6. The molecule has 0 unspecified atom stereocenters. The minimum absolute atomic E-state index is 0.260. The molecule has 134 valence electrons. The molecule has 0 radical (unpaired) electrons. The molecule has 1 aliphatic carbocycles. The molecule has 0 atom stereocenters. The predicted molar refractivity (Wildman–Crippen MR) is 111 cm³/mol. The van der Waals surface area contributed by atoms with E-state index in [1.165, 1.54) is 18.4 Å². The molecule has 2 heteroatoms. The summed E-state index contributed by atoms with van der Waals surface area (Å²) in [5, 5.41) is 18.4. The van der Waals surface area contributed by atoms with Gasteiger partial charge in [-0.05, 0) is 60.6 Å². The average Bonchev–Trinajstić information content (AvgIpc) is 2.74. The van der Waals surface area contributed by atoms with Gasteiger partial charge in [0, 0.05) is 16.7 Å². The highest BCUT2D eigenvalue weighted by atomic mass is 14.2. The van der Waals surface area contributed by atoms with E-state index in [1.54, 1.807) is 0 Å². The number of benzene rings is 2. The van der Waals surface area contributed by atoms with E-state index in [9.17, 15) is 10.5 Å². The third-order valence-electron chi connectivity index (χ3n) is 4.63. The lowest BCUT2D eigenvalue weighted by Crippen LogP contribution is -1.97. The first-order valence-corrected chi connectivity index (χ1v) is 9.48. The standard InChI is InChI=1S/C26H20N2/c27-17-15-25-20-26(16-18-28)24(14-12-22-9-5-2-6-10-22)19-23(25)13-11-21-7-3-1-4-8-21/h1,3-4,7-9,19-20H,2,5-6,10,15-16H2. The fourth-order valence-corrected chi connectivity index (χ4v) is 3.15. The number of rotatable bonds is 2. The Balaban J connectivity index is 2.04. The zero-order valence-corrected chi connectivity index (χ0v) is 15.8. The molecule has 2 nitrogen and oxygen atoms in total. The molecular formula is C26H20N2. The van der Waals surface area contributed by atoms with E-state index >= 15 is 0 Å². The third kappa shape index (κ3) is 5.15. The molecule has 0 spiro atoms. The SMILES string of the molecule is N#CCc1cc(CC#N)c(C#Cc2ccccc2)cc1C#CC1=CCCCC1. The molecule has 0 heterocycles. The number of nitrogens with zero attached hydrogens (tertiary/aromatic N) is 2. The van der Waals surface area contributed by atoms with Crippen molar-refractivity contribution in [3.8, 4) is 35.8 Å². The van der Waals surface area contributed by atoms with Crippen molar-refractivity contribution in [1.29, 1.82) is 10.5 Å². The Kier molecular flexibility index (Phi) is 6.69. The van der Waals surface area contributed by atoms with Crippen LogP contribution in [0.4, 0.5) is 0 Å². The quantitative estimate of drug-likeness (QED) is 0.702. The monoisotopic (exact) mass is 360 g/mol. The van der Waals surface area contributed by atoms with E-state index in [-0.39, 0.29) is 12.8 Å². The summed E-state index contributed by atoms with van der Waals surface area (Å²) in [7, 11) is 0. The maximum atomic E-state index is 9.20. The summed E-state index contributed by atoms with van der Waals surface area (Å²) in [6, 6.07) is 18.0. The van der Waals surface area contributed by atoms with Crippen molar-refractivity contribution in [3.05, 3.63) is 81.9 Å². The van der Waals surface area contributed by atoms with Crippen LogP contribution in [0.2, 0.25) is 0 Å². The number of allylic oxidation sites excluding steroid dienone is 2. The highest BCUT2D eigenvalue weighted by molar-refractivity contribution is 5.56. The Morgan fingerprint density at radius 3 is 2.04 bits per heavy atom. The summed E-state index contributed by atoms with van der Waals surface area (Å²) in [5.41, 5.74) is 5.43. The van der Waals surface area contributed by atoms with Gasteiger partial charge in [0.05, 0.1) is 25.0 Å². The topological polar surface area (TPSA) is 47.6 Å². The van der Waals surface area contributed by atoms with Crippen LogP contribution in [0.1, 0.15) is 53.5 Å². The Morgan fingerprint density at radius 1 is 0.750 bits per heavy atom. The summed E-state index contributed by atoms with van der Waals surface area (Å²) < 4.78 is 0. The molecule has 2 aromatic rings. The normalized spacial score (nSPS) is 12.3. The van der Waals surface area contributed by atoms with Crippen LogP contribution in [-0.4, -0.2) is 0 Å². The van der Waals surface area contributed by atoms with Gasteiger partial charge in [-0.25, -0.2) is 0 Å². The molecule has 0 amide bonds. The highest BCUT2D eigenvalue weighted by Gasteiger charge is 2.08. The van der Waals surface area contributed by atoms with Gasteiger partial charge in [-0.1, -0.05) is 54.0 Å². The van der Waals surface area contributed by atoms with Gasteiger partial charge >= 0.3 is 0 Å². The second-order valence-electron chi connectivity index (χ2n) is 6.68. The minimum atomic E-state index is 0.260. The summed E-state index contributed by atoms with van der Waals surface area (Å²) in [6.07, 6.45) is 7.26. The van der Waals surface area contributed by atoms with Crippen LogP contribution < -0.4 is 0 Å². The van der Waals surface area contributed by atoms with Crippen LogP contribution in [-0.2, 0) is 12.8 Å². The van der Waals surface area contributed by atoms with E-state index in [2.05, 4.69) is 41.9 Å². The van der Waals surface area contributed by atoms with Crippen LogP contribution >= 0.6 is 0 Å². The molecule has 3 rings (SSSR count). The zero-order valence-electron chi connectivity index (χ0n) is 15.8. The Labute approximate surface area is 167 Å².